The number of carbonyl (C=O) groups is 1. The van der Waals surface area contributed by atoms with Gasteiger partial charge in [0.25, 0.3) is 0 Å². The van der Waals surface area contributed by atoms with Crippen LogP contribution in [0.1, 0.15) is 29.5 Å². The van der Waals surface area contributed by atoms with Gasteiger partial charge in [-0.05, 0) is 80.1 Å². The highest BCUT2D eigenvalue weighted by atomic mass is 35.5. The zero-order valence-electron chi connectivity index (χ0n) is 15.5. The van der Waals surface area contributed by atoms with Gasteiger partial charge in [-0.25, -0.2) is 4.79 Å². The van der Waals surface area contributed by atoms with Crippen LogP contribution in [0.15, 0.2) is 36.4 Å². The van der Waals surface area contributed by atoms with Gasteiger partial charge in [-0.1, -0.05) is 41.4 Å². The maximum absolute atomic E-state index is 11.3. The SMILES string of the molecule is Cc1cccc(NC(N)=O)c1CN1CCC(Cc2ccc(Cl)c(Cl)c2)CC1. The number of hydrogen-bond acceptors (Lipinski definition) is 2. The lowest BCUT2D eigenvalue weighted by atomic mass is 9.90. The summed E-state index contributed by atoms with van der Waals surface area (Å²) in [7, 11) is 0. The van der Waals surface area contributed by atoms with Crippen LogP contribution >= 0.6 is 23.2 Å². The Morgan fingerprint density at radius 2 is 1.93 bits per heavy atom. The summed E-state index contributed by atoms with van der Waals surface area (Å²) in [6, 6.07) is 11.3. The molecule has 4 nitrogen and oxygen atoms in total. The van der Waals surface area contributed by atoms with Crippen molar-refractivity contribution >= 4 is 34.9 Å². The van der Waals surface area contributed by atoms with Crippen molar-refractivity contribution in [1.82, 2.24) is 4.90 Å². The first-order chi connectivity index (χ1) is 12.9. The van der Waals surface area contributed by atoms with Gasteiger partial charge in [0.15, 0.2) is 0 Å². The highest BCUT2D eigenvalue weighted by molar-refractivity contribution is 6.42. The molecule has 27 heavy (non-hydrogen) atoms. The second-order valence-corrected chi connectivity index (χ2v) is 8.08. The maximum Gasteiger partial charge on any atom is 0.316 e. The number of halogens is 2. The molecule has 1 aliphatic heterocycles. The van der Waals surface area contributed by atoms with Crippen molar-refractivity contribution in [2.45, 2.75) is 32.7 Å². The standard InChI is InChI=1S/C21H25Cl2N3O/c1-14-3-2-4-20(25-21(24)27)17(14)13-26-9-7-15(8-10-26)11-16-5-6-18(22)19(23)12-16/h2-6,12,15H,7-11,13H2,1H3,(H3,24,25,27). The molecule has 0 aliphatic carbocycles. The molecule has 2 aromatic rings. The summed E-state index contributed by atoms with van der Waals surface area (Å²) in [6.07, 6.45) is 3.32. The molecule has 1 saturated heterocycles. The van der Waals surface area contributed by atoms with Crippen LogP contribution in [0.5, 0.6) is 0 Å². The molecule has 0 unspecified atom stereocenters. The van der Waals surface area contributed by atoms with E-state index in [4.69, 9.17) is 28.9 Å². The molecule has 3 N–H and O–H groups in total. The molecule has 2 aromatic carbocycles. The fourth-order valence-corrected chi connectivity index (χ4v) is 4.05. The molecule has 0 atom stereocenters. The lowest BCUT2D eigenvalue weighted by Crippen LogP contribution is -2.34. The average molecular weight is 406 g/mol. The number of amides is 2. The third-order valence-electron chi connectivity index (χ3n) is 5.27. The fourth-order valence-electron chi connectivity index (χ4n) is 3.73. The largest absolute Gasteiger partial charge is 0.351 e. The molecule has 2 amide bonds. The van der Waals surface area contributed by atoms with Crippen LogP contribution in [0, 0.1) is 12.8 Å². The Labute approximate surface area is 170 Å². The average Bonchev–Trinajstić information content (AvgIpc) is 2.62. The fraction of sp³-hybridized carbons (Fsp3) is 0.381. The molecule has 1 aliphatic rings. The second kappa shape index (κ2) is 8.96. The molecule has 1 heterocycles. The smallest absolute Gasteiger partial charge is 0.316 e. The number of likely N-dealkylation sites (tertiary alicyclic amines) is 1. The summed E-state index contributed by atoms with van der Waals surface area (Å²) in [5.74, 6) is 0.651. The van der Waals surface area contributed by atoms with E-state index in [0.717, 1.165) is 50.1 Å². The number of hydrogen-bond donors (Lipinski definition) is 2. The van der Waals surface area contributed by atoms with E-state index in [-0.39, 0.29) is 0 Å². The number of nitrogens with one attached hydrogen (secondary N) is 1. The van der Waals surface area contributed by atoms with Crippen LogP contribution < -0.4 is 11.1 Å². The van der Waals surface area contributed by atoms with Gasteiger partial charge in [-0.2, -0.15) is 0 Å². The third kappa shape index (κ3) is 5.38. The monoisotopic (exact) mass is 405 g/mol. The van der Waals surface area contributed by atoms with Crippen LogP contribution in [0.3, 0.4) is 0 Å². The van der Waals surface area contributed by atoms with E-state index in [1.165, 1.54) is 11.1 Å². The first-order valence-corrected chi connectivity index (χ1v) is 9.99. The molecule has 1 fully saturated rings. The number of piperidine rings is 1. The second-order valence-electron chi connectivity index (χ2n) is 7.26. The molecular weight excluding hydrogens is 381 g/mol. The Bertz CT molecular complexity index is 817. The first kappa shape index (κ1) is 20.0. The minimum atomic E-state index is -0.526. The van der Waals surface area contributed by atoms with Crippen molar-refractivity contribution in [3.05, 3.63) is 63.1 Å². The Kier molecular flexibility index (Phi) is 6.64. The Morgan fingerprint density at radius 1 is 1.19 bits per heavy atom. The van der Waals surface area contributed by atoms with Crippen molar-refractivity contribution in [3.63, 3.8) is 0 Å². The molecule has 0 aromatic heterocycles. The summed E-state index contributed by atoms with van der Waals surface area (Å²) in [6.45, 7) is 4.97. The summed E-state index contributed by atoms with van der Waals surface area (Å²) < 4.78 is 0. The quantitative estimate of drug-likeness (QED) is 0.713. The van der Waals surface area contributed by atoms with Gasteiger partial charge < -0.3 is 11.1 Å². The number of nitrogens with two attached hydrogens (primary N) is 1. The van der Waals surface area contributed by atoms with Crippen LogP contribution in [0.25, 0.3) is 0 Å². The number of urea groups is 1. The van der Waals surface area contributed by atoms with Crippen molar-refractivity contribution in [2.24, 2.45) is 11.7 Å². The molecule has 144 valence electrons. The molecule has 0 spiro atoms. The van der Waals surface area contributed by atoms with Gasteiger partial charge in [-0.15, -0.1) is 0 Å². The van der Waals surface area contributed by atoms with Crippen LogP contribution in [-0.2, 0) is 13.0 Å². The van der Waals surface area contributed by atoms with E-state index in [0.29, 0.717) is 16.0 Å². The topological polar surface area (TPSA) is 58.4 Å². The highest BCUT2D eigenvalue weighted by Gasteiger charge is 2.21. The van der Waals surface area contributed by atoms with Crippen LogP contribution in [0.4, 0.5) is 10.5 Å². The number of nitrogens with zero attached hydrogens (tertiary/aromatic N) is 1. The number of carbonyl (C=O) groups excluding carboxylic acids is 1. The van der Waals surface area contributed by atoms with Crippen molar-refractivity contribution in [1.29, 1.82) is 0 Å². The number of anilines is 1. The summed E-state index contributed by atoms with van der Waals surface area (Å²) >= 11 is 12.1. The molecule has 6 heteroatoms. The Hall–Kier alpha value is -1.75. The summed E-state index contributed by atoms with van der Waals surface area (Å²) in [4.78, 5) is 13.7. The predicted octanol–water partition coefficient (Wildman–Crippen LogP) is 5.25. The Balaban J connectivity index is 1.58. The van der Waals surface area contributed by atoms with E-state index in [1.807, 2.05) is 24.3 Å². The normalized spacial score (nSPS) is 15.7. The predicted molar refractivity (Wildman–Crippen MR) is 113 cm³/mol. The minimum Gasteiger partial charge on any atom is -0.351 e. The van der Waals surface area contributed by atoms with E-state index in [9.17, 15) is 4.79 Å². The van der Waals surface area contributed by atoms with Crippen molar-refractivity contribution < 1.29 is 4.79 Å². The van der Waals surface area contributed by atoms with Crippen molar-refractivity contribution in [2.75, 3.05) is 18.4 Å². The minimum absolute atomic E-state index is 0.526. The highest BCUT2D eigenvalue weighted by Crippen LogP contribution is 2.28. The lowest BCUT2D eigenvalue weighted by Gasteiger charge is -2.33. The first-order valence-electron chi connectivity index (χ1n) is 9.23. The van der Waals surface area contributed by atoms with E-state index < -0.39 is 6.03 Å². The number of benzene rings is 2. The zero-order chi connectivity index (χ0) is 19.4. The third-order valence-corrected chi connectivity index (χ3v) is 6.00. The van der Waals surface area contributed by atoms with Crippen LogP contribution in [-0.4, -0.2) is 24.0 Å². The van der Waals surface area contributed by atoms with E-state index in [2.05, 4.69) is 29.3 Å². The number of rotatable bonds is 5. The Morgan fingerprint density at radius 3 is 2.59 bits per heavy atom. The molecule has 0 bridgehead atoms. The molecule has 0 radical (unpaired) electrons. The summed E-state index contributed by atoms with van der Waals surface area (Å²) in [5, 5.41) is 3.97. The maximum atomic E-state index is 11.3. The zero-order valence-corrected chi connectivity index (χ0v) is 17.0. The van der Waals surface area contributed by atoms with E-state index >= 15 is 0 Å². The summed E-state index contributed by atoms with van der Waals surface area (Å²) in [5.41, 5.74) is 9.66. The lowest BCUT2D eigenvalue weighted by molar-refractivity contribution is 0.177. The van der Waals surface area contributed by atoms with Gasteiger partial charge in [0.05, 0.1) is 10.0 Å². The number of aryl methyl sites for hydroxylation is 1. The van der Waals surface area contributed by atoms with Gasteiger partial charge in [0, 0.05) is 12.2 Å². The van der Waals surface area contributed by atoms with Gasteiger partial charge in [0.2, 0.25) is 0 Å². The van der Waals surface area contributed by atoms with Crippen LogP contribution in [0.2, 0.25) is 10.0 Å². The van der Waals surface area contributed by atoms with Gasteiger partial charge in [-0.3, -0.25) is 4.90 Å². The molecule has 3 rings (SSSR count). The van der Waals surface area contributed by atoms with Gasteiger partial charge >= 0.3 is 6.03 Å². The molecular formula is C21H25Cl2N3O. The molecule has 0 saturated carbocycles. The van der Waals surface area contributed by atoms with Gasteiger partial charge in [0.1, 0.15) is 0 Å². The van der Waals surface area contributed by atoms with Crippen molar-refractivity contribution in [3.8, 4) is 0 Å². The number of primary amides is 1. The van der Waals surface area contributed by atoms with E-state index in [1.54, 1.807) is 0 Å².